The number of sulfonamides is 1. The van der Waals surface area contributed by atoms with E-state index >= 15 is 0 Å². The Bertz CT molecular complexity index is 783. The normalized spacial score (nSPS) is 18.5. The van der Waals surface area contributed by atoms with Crippen LogP contribution in [0.25, 0.3) is 0 Å². The molecule has 1 aromatic carbocycles. The van der Waals surface area contributed by atoms with Crippen molar-refractivity contribution in [1.82, 2.24) is 14.3 Å². The minimum atomic E-state index is -3.62. The topological polar surface area (TPSA) is 81.6 Å². The van der Waals surface area contributed by atoms with E-state index < -0.39 is 10.0 Å². The van der Waals surface area contributed by atoms with Gasteiger partial charge in [-0.3, -0.25) is 4.98 Å². The van der Waals surface area contributed by atoms with Crippen molar-refractivity contribution in [1.29, 1.82) is 0 Å². The Labute approximate surface area is 141 Å². The van der Waals surface area contributed by atoms with Gasteiger partial charge in [0.2, 0.25) is 15.9 Å². The number of hydrogen-bond acceptors (Lipinski definition) is 6. The van der Waals surface area contributed by atoms with Gasteiger partial charge in [-0.25, -0.2) is 13.4 Å². The van der Waals surface area contributed by atoms with E-state index in [1.807, 2.05) is 6.92 Å². The molecule has 0 amide bonds. The van der Waals surface area contributed by atoms with Crippen LogP contribution in [0, 0.1) is 0 Å². The Morgan fingerprint density at radius 3 is 2.88 bits per heavy atom. The van der Waals surface area contributed by atoms with E-state index in [4.69, 9.17) is 9.47 Å². The Morgan fingerprint density at radius 1 is 1.29 bits per heavy atom. The highest BCUT2D eigenvalue weighted by Gasteiger charge is 2.35. The maximum Gasteiger partial charge on any atom is 0.246 e. The van der Waals surface area contributed by atoms with Gasteiger partial charge in [0.1, 0.15) is 16.7 Å². The van der Waals surface area contributed by atoms with Gasteiger partial charge in [-0.1, -0.05) is 12.1 Å². The van der Waals surface area contributed by atoms with E-state index in [1.165, 1.54) is 16.7 Å². The summed E-state index contributed by atoms with van der Waals surface area (Å²) in [4.78, 5) is 8.18. The second-order valence-electron chi connectivity index (χ2n) is 5.31. The lowest BCUT2D eigenvalue weighted by Gasteiger charge is -2.18. The molecule has 8 heteroatoms. The Kier molecular flexibility index (Phi) is 4.96. The Balaban J connectivity index is 1.75. The van der Waals surface area contributed by atoms with Crippen LogP contribution in [0.15, 0.2) is 47.8 Å². The van der Waals surface area contributed by atoms with Gasteiger partial charge in [-0.15, -0.1) is 0 Å². The fourth-order valence-corrected chi connectivity index (χ4v) is 4.22. The first-order chi connectivity index (χ1) is 11.6. The average molecular weight is 349 g/mol. The standard InChI is InChI=1S/C16H19N3O4S/c1-2-22-14-5-3-4-6-15(14)24(20,21)19-10-7-13(12-19)23-16-11-17-8-9-18-16/h3-6,8-9,11,13H,2,7,10,12H2,1H3. The number of rotatable bonds is 6. The minimum absolute atomic E-state index is 0.187. The highest BCUT2D eigenvalue weighted by atomic mass is 32.2. The first-order valence-electron chi connectivity index (χ1n) is 7.76. The summed E-state index contributed by atoms with van der Waals surface area (Å²) < 4.78 is 38.4. The average Bonchev–Trinajstić information content (AvgIpc) is 3.06. The molecular weight excluding hydrogens is 330 g/mol. The predicted octanol–water partition coefficient (Wildman–Crippen LogP) is 1.72. The summed E-state index contributed by atoms with van der Waals surface area (Å²) in [6, 6.07) is 6.68. The highest BCUT2D eigenvalue weighted by molar-refractivity contribution is 7.89. The molecule has 1 aromatic heterocycles. The zero-order chi connectivity index (χ0) is 17.0. The van der Waals surface area contributed by atoms with Crippen molar-refractivity contribution in [2.24, 2.45) is 0 Å². The van der Waals surface area contributed by atoms with Crippen molar-refractivity contribution in [3.05, 3.63) is 42.9 Å². The summed E-state index contributed by atoms with van der Waals surface area (Å²) in [7, 11) is -3.62. The zero-order valence-corrected chi connectivity index (χ0v) is 14.1. The van der Waals surface area contributed by atoms with Crippen molar-refractivity contribution < 1.29 is 17.9 Å². The van der Waals surface area contributed by atoms with Gasteiger partial charge in [0, 0.05) is 18.9 Å². The molecule has 7 nitrogen and oxygen atoms in total. The molecule has 0 radical (unpaired) electrons. The fraction of sp³-hybridized carbons (Fsp3) is 0.375. The summed E-state index contributed by atoms with van der Waals surface area (Å²) in [6.45, 7) is 2.90. The molecule has 24 heavy (non-hydrogen) atoms. The van der Waals surface area contributed by atoms with Crippen LogP contribution in [0.3, 0.4) is 0 Å². The van der Waals surface area contributed by atoms with Crippen LogP contribution in [0.5, 0.6) is 11.6 Å². The number of para-hydroxylation sites is 1. The lowest BCUT2D eigenvalue weighted by Crippen LogP contribution is -2.31. The van der Waals surface area contributed by atoms with Gasteiger partial charge in [-0.05, 0) is 25.5 Å². The van der Waals surface area contributed by atoms with Crippen LogP contribution in [0.1, 0.15) is 13.3 Å². The SMILES string of the molecule is CCOc1ccccc1S(=O)(=O)N1CCC(Oc2cnccn2)C1. The first-order valence-corrected chi connectivity index (χ1v) is 9.20. The van der Waals surface area contributed by atoms with Crippen LogP contribution in [-0.2, 0) is 10.0 Å². The molecule has 1 saturated heterocycles. The molecule has 2 aromatic rings. The van der Waals surface area contributed by atoms with Crippen LogP contribution in [0.4, 0.5) is 0 Å². The van der Waals surface area contributed by atoms with Crippen molar-refractivity contribution >= 4 is 10.0 Å². The van der Waals surface area contributed by atoms with Crippen molar-refractivity contribution in [2.75, 3.05) is 19.7 Å². The summed E-state index contributed by atoms with van der Waals surface area (Å²) in [5.74, 6) is 0.773. The molecule has 1 unspecified atom stereocenters. The molecule has 1 atom stereocenters. The lowest BCUT2D eigenvalue weighted by molar-refractivity contribution is 0.206. The monoisotopic (exact) mass is 349 g/mol. The number of ether oxygens (including phenoxy) is 2. The molecular formula is C16H19N3O4S. The predicted molar refractivity (Wildman–Crippen MR) is 87.4 cm³/mol. The molecule has 0 N–H and O–H groups in total. The van der Waals surface area contributed by atoms with Crippen LogP contribution in [0.2, 0.25) is 0 Å². The summed E-state index contributed by atoms with van der Waals surface area (Å²) >= 11 is 0. The van der Waals surface area contributed by atoms with Crippen molar-refractivity contribution in [3.8, 4) is 11.6 Å². The maximum absolute atomic E-state index is 12.9. The maximum atomic E-state index is 12.9. The third-order valence-corrected chi connectivity index (χ3v) is 5.61. The second-order valence-corrected chi connectivity index (χ2v) is 7.22. The third kappa shape index (κ3) is 3.49. The number of benzene rings is 1. The smallest absolute Gasteiger partial charge is 0.246 e. The lowest BCUT2D eigenvalue weighted by atomic mass is 10.3. The van der Waals surface area contributed by atoms with Gasteiger partial charge in [0.15, 0.2) is 0 Å². The van der Waals surface area contributed by atoms with Gasteiger partial charge in [0.25, 0.3) is 0 Å². The summed E-state index contributed by atoms with van der Waals surface area (Å²) in [5.41, 5.74) is 0. The molecule has 0 bridgehead atoms. The molecule has 1 fully saturated rings. The molecule has 0 spiro atoms. The molecule has 128 valence electrons. The number of aromatic nitrogens is 2. The third-order valence-electron chi connectivity index (χ3n) is 3.70. The molecule has 1 aliphatic heterocycles. The van der Waals surface area contributed by atoms with Gasteiger partial charge < -0.3 is 9.47 Å². The van der Waals surface area contributed by atoms with Crippen LogP contribution < -0.4 is 9.47 Å². The summed E-state index contributed by atoms with van der Waals surface area (Å²) in [6.07, 6.45) is 4.98. The van der Waals surface area contributed by atoms with Crippen LogP contribution in [-0.4, -0.2) is 48.5 Å². The van der Waals surface area contributed by atoms with E-state index in [-0.39, 0.29) is 17.5 Å². The first kappa shape index (κ1) is 16.7. The van der Waals surface area contributed by atoms with Gasteiger partial charge in [0.05, 0.1) is 19.3 Å². The fourth-order valence-electron chi connectivity index (χ4n) is 2.61. The van der Waals surface area contributed by atoms with E-state index in [1.54, 1.807) is 30.5 Å². The van der Waals surface area contributed by atoms with E-state index in [0.29, 0.717) is 31.2 Å². The Morgan fingerprint density at radius 2 is 2.12 bits per heavy atom. The van der Waals surface area contributed by atoms with Crippen molar-refractivity contribution in [3.63, 3.8) is 0 Å². The largest absolute Gasteiger partial charge is 0.492 e. The molecule has 2 heterocycles. The zero-order valence-electron chi connectivity index (χ0n) is 13.3. The van der Waals surface area contributed by atoms with Gasteiger partial charge >= 0.3 is 0 Å². The van der Waals surface area contributed by atoms with Crippen LogP contribution >= 0.6 is 0 Å². The molecule has 0 aliphatic carbocycles. The quantitative estimate of drug-likeness (QED) is 0.790. The molecule has 0 saturated carbocycles. The summed E-state index contributed by atoms with van der Waals surface area (Å²) in [5, 5.41) is 0. The number of nitrogens with zero attached hydrogens (tertiary/aromatic N) is 3. The van der Waals surface area contributed by atoms with E-state index in [0.717, 1.165) is 0 Å². The second kappa shape index (κ2) is 7.14. The Hall–Kier alpha value is -2.19. The van der Waals surface area contributed by atoms with E-state index in [2.05, 4.69) is 9.97 Å². The number of hydrogen-bond donors (Lipinski definition) is 0. The molecule has 1 aliphatic rings. The van der Waals surface area contributed by atoms with E-state index in [9.17, 15) is 8.42 Å². The van der Waals surface area contributed by atoms with Gasteiger partial charge in [-0.2, -0.15) is 4.31 Å². The highest BCUT2D eigenvalue weighted by Crippen LogP contribution is 2.29. The van der Waals surface area contributed by atoms with Crippen molar-refractivity contribution in [2.45, 2.75) is 24.3 Å². The minimum Gasteiger partial charge on any atom is -0.492 e. The molecule has 3 rings (SSSR count).